The molecule has 1 saturated heterocycles. The second-order valence-corrected chi connectivity index (χ2v) is 6.38. The van der Waals surface area contributed by atoms with Gasteiger partial charge in [-0.05, 0) is 24.3 Å². The third-order valence-corrected chi connectivity index (χ3v) is 4.63. The molecule has 1 aliphatic heterocycles. The molecule has 5 nitrogen and oxygen atoms in total. The number of carbonyl (C=O) groups excluding carboxylic acids is 1. The van der Waals surface area contributed by atoms with E-state index in [1.54, 1.807) is 18.9 Å². The Bertz CT molecular complexity index is 447. The van der Waals surface area contributed by atoms with Crippen molar-refractivity contribution in [1.82, 2.24) is 15.5 Å². The number of piperazine rings is 1. The average molecular weight is 323 g/mol. The van der Waals surface area contributed by atoms with Gasteiger partial charge in [-0.1, -0.05) is 0 Å². The van der Waals surface area contributed by atoms with Gasteiger partial charge in [-0.15, -0.1) is 11.8 Å². The summed E-state index contributed by atoms with van der Waals surface area (Å²) in [5, 5.41) is 6.33. The van der Waals surface area contributed by atoms with Crippen molar-refractivity contribution < 1.29 is 9.53 Å². The molecule has 0 aliphatic carbocycles. The Labute approximate surface area is 136 Å². The van der Waals surface area contributed by atoms with Crippen LogP contribution in [0, 0.1) is 0 Å². The SMILES string of the molecule is COc1ccc(SCCC(=O)NCCN2CCNCC2)cc1. The number of benzene rings is 1. The fraction of sp³-hybridized carbons (Fsp3) is 0.562. The van der Waals surface area contributed by atoms with E-state index in [2.05, 4.69) is 15.5 Å². The van der Waals surface area contributed by atoms with E-state index in [-0.39, 0.29) is 5.91 Å². The maximum absolute atomic E-state index is 11.8. The number of nitrogens with zero attached hydrogens (tertiary/aromatic N) is 1. The summed E-state index contributed by atoms with van der Waals surface area (Å²) in [5.41, 5.74) is 0. The molecule has 0 bridgehead atoms. The molecular formula is C16H25N3O2S. The van der Waals surface area contributed by atoms with Gasteiger partial charge in [-0.3, -0.25) is 9.69 Å². The van der Waals surface area contributed by atoms with E-state index in [1.807, 2.05) is 24.3 Å². The largest absolute Gasteiger partial charge is 0.497 e. The van der Waals surface area contributed by atoms with Crippen LogP contribution in [0.25, 0.3) is 0 Å². The van der Waals surface area contributed by atoms with E-state index in [0.717, 1.165) is 55.7 Å². The maximum Gasteiger partial charge on any atom is 0.220 e. The van der Waals surface area contributed by atoms with Crippen LogP contribution in [0.1, 0.15) is 6.42 Å². The van der Waals surface area contributed by atoms with E-state index < -0.39 is 0 Å². The van der Waals surface area contributed by atoms with Gasteiger partial charge in [-0.2, -0.15) is 0 Å². The van der Waals surface area contributed by atoms with Crippen LogP contribution in [-0.4, -0.2) is 62.9 Å². The monoisotopic (exact) mass is 323 g/mol. The molecule has 1 aromatic rings. The second-order valence-electron chi connectivity index (χ2n) is 5.22. The lowest BCUT2D eigenvalue weighted by molar-refractivity contribution is -0.120. The van der Waals surface area contributed by atoms with Crippen LogP contribution in [0.3, 0.4) is 0 Å². The Balaban J connectivity index is 1.55. The van der Waals surface area contributed by atoms with Crippen LogP contribution in [0.4, 0.5) is 0 Å². The number of hydrogen-bond acceptors (Lipinski definition) is 5. The van der Waals surface area contributed by atoms with Crippen molar-refractivity contribution in [1.29, 1.82) is 0 Å². The molecule has 0 radical (unpaired) electrons. The van der Waals surface area contributed by atoms with E-state index >= 15 is 0 Å². The number of hydrogen-bond donors (Lipinski definition) is 2. The molecule has 1 fully saturated rings. The van der Waals surface area contributed by atoms with E-state index in [1.165, 1.54) is 0 Å². The highest BCUT2D eigenvalue weighted by atomic mass is 32.2. The van der Waals surface area contributed by atoms with Gasteiger partial charge >= 0.3 is 0 Å². The zero-order valence-corrected chi connectivity index (χ0v) is 14.0. The van der Waals surface area contributed by atoms with Gasteiger partial charge in [0.15, 0.2) is 0 Å². The topological polar surface area (TPSA) is 53.6 Å². The standard InChI is InChI=1S/C16H25N3O2S/c1-21-14-2-4-15(5-3-14)22-13-6-16(20)18-9-12-19-10-7-17-8-11-19/h2-5,17H,6-13H2,1H3,(H,18,20). The van der Waals surface area contributed by atoms with Crippen LogP contribution < -0.4 is 15.4 Å². The summed E-state index contributed by atoms with van der Waals surface area (Å²) in [4.78, 5) is 15.3. The maximum atomic E-state index is 11.8. The third-order valence-electron chi connectivity index (χ3n) is 3.62. The first-order valence-electron chi connectivity index (χ1n) is 7.74. The second kappa shape index (κ2) is 9.71. The van der Waals surface area contributed by atoms with Crippen LogP contribution >= 0.6 is 11.8 Å². The Hall–Kier alpha value is -1.24. The summed E-state index contributed by atoms with van der Waals surface area (Å²) in [5.74, 6) is 1.79. The average Bonchev–Trinajstić information content (AvgIpc) is 2.56. The molecule has 0 saturated carbocycles. The van der Waals surface area contributed by atoms with Crippen LogP contribution in [-0.2, 0) is 4.79 Å². The molecule has 1 aliphatic rings. The van der Waals surface area contributed by atoms with Gasteiger partial charge < -0.3 is 15.4 Å². The summed E-state index contributed by atoms with van der Waals surface area (Å²) in [6.07, 6.45) is 0.554. The van der Waals surface area contributed by atoms with Crippen molar-refractivity contribution in [3.05, 3.63) is 24.3 Å². The Morgan fingerprint density at radius 3 is 2.73 bits per heavy atom. The Kier molecular flexibility index (Phi) is 7.56. The molecule has 1 aromatic carbocycles. The van der Waals surface area contributed by atoms with Gasteiger partial charge in [0.2, 0.25) is 5.91 Å². The molecule has 22 heavy (non-hydrogen) atoms. The minimum absolute atomic E-state index is 0.135. The smallest absolute Gasteiger partial charge is 0.220 e. The molecule has 0 atom stereocenters. The first-order chi connectivity index (χ1) is 10.8. The number of methoxy groups -OCH3 is 1. The number of rotatable bonds is 8. The first kappa shape index (κ1) is 17.1. The van der Waals surface area contributed by atoms with Crippen LogP contribution in [0.2, 0.25) is 0 Å². The number of ether oxygens (including phenoxy) is 1. The predicted molar refractivity (Wildman–Crippen MR) is 90.7 cm³/mol. The first-order valence-corrected chi connectivity index (χ1v) is 8.73. The molecule has 1 heterocycles. The summed E-state index contributed by atoms with van der Waals surface area (Å²) in [6.45, 7) is 5.93. The van der Waals surface area contributed by atoms with E-state index in [9.17, 15) is 4.79 Å². The molecule has 6 heteroatoms. The van der Waals surface area contributed by atoms with Gasteiger partial charge in [0.25, 0.3) is 0 Å². The fourth-order valence-electron chi connectivity index (χ4n) is 2.31. The third kappa shape index (κ3) is 6.25. The molecule has 0 aromatic heterocycles. The Morgan fingerprint density at radius 2 is 2.05 bits per heavy atom. The molecule has 0 spiro atoms. The Morgan fingerprint density at radius 1 is 1.32 bits per heavy atom. The van der Waals surface area contributed by atoms with Crippen molar-refractivity contribution in [2.75, 3.05) is 52.1 Å². The number of nitrogens with one attached hydrogen (secondary N) is 2. The van der Waals surface area contributed by atoms with Crippen LogP contribution in [0.15, 0.2) is 29.2 Å². The highest BCUT2D eigenvalue weighted by molar-refractivity contribution is 7.99. The quantitative estimate of drug-likeness (QED) is 0.704. The number of amides is 1. The number of carbonyl (C=O) groups is 1. The summed E-state index contributed by atoms with van der Waals surface area (Å²) < 4.78 is 5.12. The summed E-state index contributed by atoms with van der Waals surface area (Å²) in [7, 11) is 1.66. The van der Waals surface area contributed by atoms with Crippen molar-refractivity contribution in [3.63, 3.8) is 0 Å². The van der Waals surface area contributed by atoms with Crippen molar-refractivity contribution in [2.45, 2.75) is 11.3 Å². The van der Waals surface area contributed by atoms with E-state index in [4.69, 9.17) is 4.74 Å². The molecule has 2 rings (SSSR count). The minimum Gasteiger partial charge on any atom is -0.497 e. The lowest BCUT2D eigenvalue weighted by Crippen LogP contribution is -2.46. The summed E-state index contributed by atoms with van der Waals surface area (Å²) >= 11 is 1.69. The zero-order chi connectivity index (χ0) is 15.6. The van der Waals surface area contributed by atoms with Gasteiger partial charge in [0.05, 0.1) is 7.11 Å². The predicted octanol–water partition coefficient (Wildman–Crippen LogP) is 1.20. The fourth-order valence-corrected chi connectivity index (χ4v) is 3.16. The van der Waals surface area contributed by atoms with Gasteiger partial charge in [-0.25, -0.2) is 0 Å². The highest BCUT2D eigenvalue weighted by Gasteiger charge is 2.09. The van der Waals surface area contributed by atoms with Gasteiger partial charge in [0.1, 0.15) is 5.75 Å². The normalized spacial score (nSPS) is 15.5. The van der Waals surface area contributed by atoms with Gasteiger partial charge in [0, 0.05) is 56.3 Å². The van der Waals surface area contributed by atoms with E-state index in [0.29, 0.717) is 6.42 Å². The molecule has 122 valence electrons. The van der Waals surface area contributed by atoms with Crippen molar-refractivity contribution in [3.8, 4) is 5.75 Å². The number of thioether (sulfide) groups is 1. The molecule has 0 unspecified atom stereocenters. The minimum atomic E-state index is 0.135. The summed E-state index contributed by atoms with van der Waals surface area (Å²) in [6, 6.07) is 7.92. The zero-order valence-electron chi connectivity index (χ0n) is 13.1. The molecular weight excluding hydrogens is 298 g/mol. The molecule has 2 N–H and O–H groups in total. The lowest BCUT2D eigenvalue weighted by atomic mass is 10.3. The van der Waals surface area contributed by atoms with Crippen LogP contribution in [0.5, 0.6) is 5.75 Å². The molecule has 1 amide bonds. The van der Waals surface area contributed by atoms with Crippen molar-refractivity contribution in [2.24, 2.45) is 0 Å². The highest BCUT2D eigenvalue weighted by Crippen LogP contribution is 2.21. The van der Waals surface area contributed by atoms with Crippen molar-refractivity contribution >= 4 is 17.7 Å². The lowest BCUT2D eigenvalue weighted by Gasteiger charge is -2.27.